The second-order valence-corrected chi connectivity index (χ2v) is 6.88. The van der Waals surface area contributed by atoms with Crippen molar-refractivity contribution in [3.8, 4) is 5.75 Å². The number of nitrogens with zero attached hydrogens (tertiary/aromatic N) is 1. The summed E-state index contributed by atoms with van der Waals surface area (Å²) in [5.41, 5.74) is -1.83. The highest BCUT2D eigenvalue weighted by molar-refractivity contribution is 6.33. The number of hydrogen-bond donors (Lipinski definition) is 1. The van der Waals surface area contributed by atoms with Crippen molar-refractivity contribution in [1.82, 2.24) is 0 Å². The summed E-state index contributed by atoms with van der Waals surface area (Å²) in [7, 11) is 1.22. The van der Waals surface area contributed by atoms with Crippen molar-refractivity contribution < 1.29 is 42.0 Å². The number of ketones is 1. The van der Waals surface area contributed by atoms with E-state index in [1.165, 1.54) is 19.2 Å². The largest absolute Gasteiger partial charge is 0.490 e. The summed E-state index contributed by atoms with van der Waals surface area (Å²) in [5, 5.41) is 13.1. The Kier molecular flexibility index (Phi) is 8.35. The van der Waals surface area contributed by atoms with Crippen LogP contribution < -0.4 is 10.1 Å². The van der Waals surface area contributed by atoms with Gasteiger partial charge in [-0.05, 0) is 30.3 Å². The summed E-state index contributed by atoms with van der Waals surface area (Å²) < 4.78 is 47.9. The molecule has 0 aliphatic heterocycles. The number of esters is 1. The average molecular weight is 489 g/mol. The molecular formula is C20H16ClF3N2O7. The molecule has 0 saturated heterocycles. The van der Waals surface area contributed by atoms with Gasteiger partial charge in [-0.2, -0.15) is 13.2 Å². The quantitative estimate of drug-likeness (QED) is 0.240. The number of carbonyl (C=O) groups is 3. The summed E-state index contributed by atoms with van der Waals surface area (Å²) in [5.74, 6) is -2.52. The number of benzene rings is 2. The molecule has 1 amide bonds. The molecular weight excluding hydrogens is 473 g/mol. The van der Waals surface area contributed by atoms with E-state index in [-0.39, 0.29) is 22.0 Å². The van der Waals surface area contributed by atoms with E-state index in [9.17, 15) is 37.7 Å². The number of anilines is 1. The molecule has 9 nitrogen and oxygen atoms in total. The number of nitrogens with one attached hydrogen (secondary N) is 1. The highest BCUT2D eigenvalue weighted by Gasteiger charge is 2.31. The Bertz CT molecular complexity index is 1090. The van der Waals surface area contributed by atoms with Gasteiger partial charge in [-0.1, -0.05) is 11.6 Å². The average Bonchev–Trinajstić information content (AvgIpc) is 2.76. The molecule has 2 aromatic carbocycles. The molecule has 1 N–H and O–H groups in total. The minimum Gasteiger partial charge on any atom is -0.490 e. The highest BCUT2D eigenvalue weighted by Crippen LogP contribution is 2.34. The first-order valence-corrected chi connectivity index (χ1v) is 9.48. The number of alkyl halides is 3. The monoisotopic (exact) mass is 488 g/mol. The van der Waals surface area contributed by atoms with E-state index in [2.05, 4.69) is 5.32 Å². The van der Waals surface area contributed by atoms with Crippen molar-refractivity contribution >= 4 is 40.6 Å². The van der Waals surface area contributed by atoms with Gasteiger partial charge < -0.3 is 14.8 Å². The topological polar surface area (TPSA) is 125 Å². The molecule has 0 bridgehead atoms. The molecule has 176 valence electrons. The Labute approximate surface area is 189 Å². The van der Waals surface area contributed by atoms with Gasteiger partial charge >= 0.3 is 17.8 Å². The Balaban J connectivity index is 1.88. The lowest BCUT2D eigenvalue weighted by atomic mass is 10.1. The smallest absolute Gasteiger partial charge is 0.416 e. The van der Waals surface area contributed by atoms with E-state index < -0.39 is 59.5 Å². The van der Waals surface area contributed by atoms with Crippen LogP contribution in [0.1, 0.15) is 28.8 Å². The zero-order valence-corrected chi connectivity index (χ0v) is 17.7. The van der Waals surface area contributed by atoms with Gasteiger partial charge in [0, 0.05) is 18.1 Å². The predicted octanol–water partition coefficient (Wildman–Crippen LogP) is 4.42. The fourth-order valence-electron chi connectivity index (χ4n) is 2.53. The summed E-state index contributed by atoms with van der Waals surface area (Å²) >= 11 is 5.78. The van der Waals surface area contributed by atoms with Crippen molar-refractivity contribution in [3.05, 3.63) is 62.7 Å². The summed E-state index contributed by atoms with van der Waals surface area (Å²) in [6, 6.07) is 5.84. The number of amides is 1. The molecule has 0 aromatic heterocycles. The van der Waals surface area contributed by atoms with Gasteiger partial charge in [-0.15, -0.1) is 0 Å². The lowest BCUT2D eigenvalue weighted by Gasteiger charge is -2.11. The Morgan fingerprint density at radius 3 is 2.42 bits per heavy atom. The number of methoxy groups -OCH3 is 1. The molecule has 2 aromatic rings. The van der Waals surface area contributed by atoms with Crippen molar-refractivity contribution in [1.29, 1.82) is 0 Å². The van der Waals surface area contributed by atoms with Crippen LogP contribution in [-0.2, 0) is 20.5 Å². The first kappa shape index (κ1) is 25.6. The van der Waals surface area contributed by atoms with Crippen LogP contribution in [-0.4, -0.2) is 36.3 Å². The van der Waals surface area contributed by atoms with Crippen LogP contribution in [0.3, 0.4) is 0 Å². The SMILES string of the molecule is COc1ccc(C(=O)COC(=O)CCC(=O)Nc2cc(C(F)(F)F)ccc2Cl)cc1[N+](=O)[O-]. The van der Waals surface area contributed by atoms with Gasteiger partial charge in [0.25, 0.3) is 0 Å². The number of carbonyl (C=O) groups excluding carboxylic acids is 3. The van der Waals surface area contributed by atoms with Crippen LogP contribution in [0.4, 0.5) is 24.5 Å². The maximum Gasteiger partial charge on any atom is 0.416 e. The second kappa shape index (κ2) is 10.8. The van der Waals surface area contributed by atoms with E-state index >= 15 is 0 Å². The number of rotatable bonds is 9. The first-order chi connectivity index (χ1) is 15.4. The first-order valence-electron chi connectivity index (χ1n) is 9.10. The standard InChI is InChI=1S/C20H16ClF3N2O7/c1-32-17-5-2-11(8-15(17)26(30)31)16(27)10-33-19(29)7-6-18(28)25-14-9-12(20(22,23)24)3-4-13(14)21/h2-5,8-9H,6-7,10H2,1H3,(H,25,28). The minimum atomic E-state index is -4.63. The maximum absolute atomic E-state index is 12.8. The zero-order valence-electron chi connectivity index (χ0n) is 16.9. The molecule has 13 heteroatoms. The number of nitro groups is 1. The molecule has 0 fully saturated rings. The third-order valence-corrected chi connectivity index (χ3v) is 4.52. The highest BCUT2D eigenvalue weighted by atomic mass is 35.5. The molecule has 0 atom stereocenters. The fourth-order valence-corrected chi connectivity index (χ4v) is 2.70. The molecule has 0 radical (unpaired) electrons. The number of halogens is 4. The van der Waals surface area contributed by atoms with Gasteiger partial charge in [0.1, 0.15) is 0 Å². The Hall–Kier alpha value is -3.67. The normalized spacial score (nSPS) is 10.9. The lowest BCUT2D eigenvalue weighted by Crippen LogP contribution is -2.18. The van der Waals surface area contributed by atoms with Gasteiger partial charge in [0.2, 0.25) is 11.7 Å². The van der Waals surface area contributed by atoms with Crippen LogP contribution in [0.2, 0.25) is 5.02 Å². The van der Waals surface area contributed by atoms with Gasteiger partial charge in [0.05, 0.1) is 34.7 Å². The number of hydrogen-bond acceptors (Lipinski definition) is 7. The number of Topliss-reactive ketones (excluding diaryl/α,β-unsaturated/α-hetero) is 1. The van der Waals surface area contributed by atoms with Crippen LogP contribution in [0.25, 0.3) is 0 Å². The van der Waals surface area contributed by atoms with Crippen molar-refractivity contribution in [2.75, 3.05) is 19.0 Å². The Morgan fingerprint density at radius 2 is 1.82 bits per heavy atom. The molecule has 0 spiro atoms. The van der Waals surface area contributed by atoms with Crippen LogP contribution in [0.15, 0.2) is 36.4 Å². The maximum atomic E-state index is 12.8. The summed E-state index contributed by atoms with van der Waals surface area (Å²) in [6.45, 7) is -0.733. The molecule has 0 unspecified atom stereocenters. The fraction of sp³-hybridized carbons (Fsp3) is 0.250. The van der Waals surface area contributed by atoms with Crippen LogP contribution in [0, 0.1) is 10.1 Å². The zero-order chi connectivity index (χ0) is 24.8. The van der Waals surface area contributed by atoms with E-state index in [4.69, 9.17) is 21.1 Å². The van der Waals surface area contributed by atoms with E-state index in [0.29, 0.717) is 6.07 Å². The third kappa shape index (κ3) is 7.17. The van der Waals surface area contributed by atoms with Gasteiger partial charge in [-0.25, -0.2) is 0 Å². The molecule has 0 saturated carbocycles. The second-order valence-electron chi connectivity index (χ2n) is 6.47. The van der Waals surface area contributed by atoms with E-state index in [1.54, 1.807) is 0 Å². The molecule has 0 aliphatic rings. The number of ether oxygens (including phenoxy) is 2. The predicted molar refractivity (Wildman–Crippen MR) is 109 cm³/mol. The summed E-state index contributed by atoms with van der Waals surface area (Å²) in [4.78, 5) is 46.2. The molecule has 0 heterocycles. The van der Waals surface area contributed by atoms with Crippen LogP contribution >= 0.6 is 11.6 Å². The van der Waals surface area contributed by atoms with Crippen LogP contribution in [0.5, 0.6) is 5.75 Å². The van der Waals surface area contributed by atoms with Crippen molar-refractivity contribution in [3.63, 3.8) is 0 Å². The van der Waals surface area contributed by atoms with Crippen molar-refractivity contribution in [2.45, 2.75) is 19.0 Å². The lowest BCUT2D eigenvalue weighted by molar-refractivity contribution is -0.385. The molecule has 33 heavy (non-hydrogen) atoms. The minimum absolute atomic E-state index is 0.0552. The van der Waals surface area contributed by atoms with Crippen molar-refractivity contribution in [2.24, 2.45) is 0 Å². The summed E-state index contributed by atoms with van der Waals surface area (Å²) in [6.07, 6.45) is -5.56. The Morgan fingerprint density at radius 1 is 1.12 bits per heavy atom. The van der Waals surface area contributed by atoms with E-state index in [1.807, 2.05) is 0 Å². The van der Waals surface area contributed by atoms with Gasteiger partial charge in [-0.3, -0.25) is 24.5 Å². The molecule has 2 rings (SSSR count). The van der Waals surface area contributed by atoms with E-state index in [0.717, 1.165) is 18.2 Å². The molecule has 0 aliphatic carbocycles. The third-order valence-electron chi connectivity index (χ3n) is 4.19. The van der Waals surface area contributed by atoms with Gasteiger partial charge in [0.15, 0.2) is 12.4 Å². The number of nitro benzene ring substituents is 1.